The molecule has 0 saturated carbocycles. The molecule has 0 unspecified atom stereocenters. The third-order valence-electron chi connectivity index (χ3n) is 2.78. The fraction of sp³-hybridized carbons (Fsp3) is 0.188. The van der Waals surface area contributed by atoms with Gasteiger partial charge in [0.05, 0.1) is 0 Å². The largest absolute Gasteiger partial charge is 0.457 e. The highest BCUT2D eigenvalue weighted by Crippen LogP contribution is 2.25. The van der Waals surface area contributed by atoms with Crippen LogP contribution in [0, 0.1) is 0 Å². The van der Waals surface area contributed by atoms with E-state index in [-0.39, 0.29) is 5.78 Å². The zero-order valence-corrected chi connectivity index (χ0v) is 10.9. The Bertz CT molecular complexity index is 564. The molecule has 0 atom stereocenters. The van der Waals surface area contributed by atoms with Gasteiger partial charge < -0.3 is 10.5 Å². The smallest absolute Gasteiger partial charge is 0.165 e. The van der Waals surface area contributed by atoms with Crippen LogP contribution in [0.3, 0.4) is 0 Å². The first kappa shape index (κ1) is 13.1. The lowest BCUT2D eigenvalue weighted by Crippen LogP contribution is -2.03. The molecular formula is C16H17NO2. The average molecular weight is 255 g/mol. The second kappa shape index (κ2) is 6.05. The molecule has 0 spiro atoms. The number of hydrogen-bond donors (Lipinski definition) is 1. The van der Waals surface area contributed by atoms with Gasteiger partial charge in [-0.3, -0.25) is 4.79 Å². The minimum atomic E-state index is 0.0542. The van der Waals surface area contributed by atoms with Crippen LogP contribution in [-0.4, -0.2) is 5.78 Å². The third kappa shape index (κ3) is 3.35. The number of nitrogens with two attached hydrogens (primary N) is 1. The molecule has 2 rings (SSSR count). The van der Waals surface area contributed by atoms with Gasteiger partial charge in [-0.1, -0.05) is 25.1 Å². The Kier molecular flexibility index (Phi) is 4.18. The normalized spacial score (nSPS) is 10.2. The quantitative estimate of drug-likeness (QED) is 0.648. The molecule has 0 aliphatic carbocycles. The van der Waals surface area contributed by atoms with E-state index in [1.807, 2.05) is 37.3 Å². The molecule has 2 N–H and O–H groups in total. The minimum absolute atomic E-state index is 0.0542. The topological polar surface area (TPSA) is 52.3 Å². The van der Waals surface area contributed by atoms with Gasteiger partial charge in [-0.05, 0) is 36.8 Å². The van der Waals surface area contributed by atoms with Crippen LogP contribution >= 0.6 is 0 Å². The van der Waals surface area contributed by atoms with Crippen LogP contribution in [0.5, 0.6) is 11.5 Å². The van der Waals surface area contributed by atoms with Crippen molar-refractivity contribution in [2.45, 2.75) is 19.8 Å². The maximum atomic E-state index is 11.9. The van der Waals surface area contributed by atoms with E-state index in [1.54, 1.807) is 18.2 Å². The molecule has 0 aliphatic heterocycles. The van der Waals surface area contributed by atoms with E-state index in [0.29, 0.717) is 23.4 Å². The Morgan fingerprint density at radius 3 is 2.53 bits per heavy atom. The first-order valence-electron chi connectivity index (χ1n) is 6.36. The van der Waals surface area contributed by atoms with Gasteiger partial charge in [-0.15, -0.1) is 0 Å². The van der Waals surface area contributed by atoms with Crippen molar-refractivity contribution in [3.63, 3.8) is 0 Å². The van der Waals surface area contributed by atoms with E-state index in [0.717, 1.165) is 12.2 Å². The van der Waals surface area contributed by atoms with Crippen molar-refractivity contribution in [2.24, 2.45) is 0 Å². The van der Waals surface area contributed by atoms with E-state index in [9.17, 15) is 4.79 Å². The number of para-hydroxylation sites is 1. The lowest BCUT2D eigenvalue weighted by molar-refractivity contribution is 0.0982. The summed E-state index contributed by atoms with van der Waals surface area (Å²) >= 11 is 0. The lowest BCUT2D eigenvalue weighted by Gasteiger charge is -2.09. The van der Waals surface area contributed by atoms with E-state index in [2.05, 4.69) is 0 Å². The second-order valence-corrected chi connectivity index (χ2v) is 4.34. The van der Waals surface area contributed by atoms with Gasteiger partial charge in [0.2, 0.25) is 0 Å². The number of Topliss-reactive ketones (excluding diaryl/α,β-unsaturated/α-hetero) is 1. The molecule has 0 bridgehead atoms. The number of benzene rings is 2. The summed E-state index contributed by atoms with van der Waals surface area (Å²) in [6.45, 7) is 1.97. The number of ketones is 1. The Hall–Kier alpha value is -2.29. The molecule has 3 nitrogen and oxygen atoms in total. The molecule has 0 aromatic heterocycles. The summed E-state index contributed by atoms with van der Waals surface area (Å²) in [6.07, 6.45) is 1.31. The molecule has 2 aromatic carbocycles. The summed E-state index contributed by atoms with van der Waals surface area (Å²) in [7, 11) is 0. The van der Waals surface area contributed by atoms with Crippen LogP contribution in [0.1, 0.15) is 30.1 Å². The highest BCUT2D eigenvalue weighted by atomic mass is 16.5. The van der Waals surface area contributed by atoms with Gasteiger partial charge in [0.25, 0.3) is 0 Å². The number of hydrogen-bond acceptors (Lipinski definition) is 3. The number of rotatable bonds is 5. The Labute approximate surface area is 113 Å². The average Bonchev–Trinajstić information content (AvgIpc) is 2.42. The van der Waals surface area contributed by atoms with E-state index < -0.39 is 0 Å². The lowest BCUT2D eigenvalue weighted by atomic mass is 10.0. The Balaban J connectivity index is 2.23. The summed E-state index contributed by atoms with van der Waals surface area (Å²) in [6, 6.07) is 14.6. The van der Waals surface area contributed by atoms with Gasteiger partial charge in [0.1, 0.15) is 11.5 Å². The van der Waals surface area contributed by atoms with Crippen molar-refractivity contribution in [3.05, 3.63) is 54.1 Å². The predicted octanol–water partition coefficient (Wildman–Crippen LogP) is 4.04. The number of carbonyl (C=O) groups is 1. The van der Waals surface area contributed by atoms with Gasteiger partial charge in [-0.25, -0.2) is 0 Å². The number of anilines is 1. The fourth-order valence-electron chi connectivity index (χ4n) is 1.83. The number of nitrogen functional groups attached to an aromatic ring is 1. The zero-order chi connectivity index (χ0) is 13.7. The van der Waals surface area contributed by atoms with Crippen molar-refractivity contribution in [2.75, 3.05) is 5.73 Å². The number of ether oxygens (including phenoxy) is 1. The molecule has 2 aromatic rings. The summed E-state index contributed by atoms with van der Waals surface area (Å²) in [5, 5.41) is 0. The van der Waals surface area contributed by atoms with Crippen LogP contribution in [0.4, 0.5) is 5.69 Å². The maximum Gasteiger partial charge on any atom is 0.165 e. The van der Waals surface area contributed by atoms with Gasteiger partial charge >= 0.3 is 0 Å². The fourth-order valence-corrected chi connectivity index (χ4v) is 1.83. The molecule has 0 radical (unpaired) electrons. The van der Waals surface area contributed by atoms with Crippen LogP contribution in [-0.2, 0) is 0 Å². The summed E-state index contributed by atoms with van der Waals surface area (Å²) in [4.78, 5) is 11.9. The second-order valence-electron chi connectivity index (χ2n) is 4.34. The van der Waals surface area contributed by atoms with E-state index in [4.69, 9.17) is 10.5 Å². The molecule has 98 valence electrons. The van der Waals surface area contributed by atoms with Gasteiger partial charge in [0.15, 0.2) is 5.78 Å². The molecular weight excluding hydrogens is 238 g/mol. The number of carbonyl (C=O) groups excluding carboxylic acids is 1. The molecule has 0 amide bonds. The first-order chi connectivity index (χ1) is 9.20. The third-order valence-corrected chi connectivity index (χ3v) is 2.78. The van der Waals surface area contributed by atoms with E-state index >= 15 is 0 Å². The van der Waals surface area contributed by atoms with Crippen molar-refractivity contribution in [1.82, 2.24) is 0 Å². The summed E-state index contributed by atoms with van der Waals surface area (Å²) < 4.78 is 5.69. The van der Waals surface area contributed by atoms with E-state index in [1.165, 1.54) is 0 Å². The first-order valence-corrected chi connectivity index (χ1v) is 6.36. The van der Waals surface area contributed by atoms with Gasteiger partial charge in [-0.2, -0.15) is 0 Å². The predicted molar refractivity (Wildman–Crippen MR) is 76.6 cm³/mol. The van der Waals surface area contributed by atoms with Crippen molar-refractivity contribution < 1.29 is 9.53 Å². The standard InChI is InChI=1S/C16H17NO2/c1-2-6-16(18)14-11-13(9-10-15(14)17)19-12-7-4-3-5-8-12/h3-5,7-11H,2,6,17H2,1H3. The molecule has 3 heteroatoms. The summed E-state index contributed by atoms with van der Waals surface area (Å²) in [5.41, 5.74) is 6.87. The molecule has 0 saturated heterocycles. The maximum absolute atomic E-state index is 11.9. The van der Waals surface area contributed by atoms with Crippen molar-refractivity contribution >= 4 is 11.5 Å². The minimum Gasteiger partial charge on any atom is -0.457 e. The molecule has 19 heavy (non-hydrogen) atoms. The van der Waals surface area contributed by atoms with Crippen molar-refractivity contribution in [1.29, 1.82) is 0 Å². The molecule has 0 heterocycles. The van der Waals surface area contributed by atoms with Crippen LogP contribution in [0.15, 0.2) is 48.5 Å². The Morgan fingerprint density at radius 2 is 1.84 bits per heavy atom. The van der Waals surface area contributed by atoms with Crippen LogP contribution in [0.2, 0.25) is 0 Å². The monoisotopic (exact) mass is 255 g/mol. The van der Waals surface area contributed by atoms with Crippen molar-refractivity contribution in [3.8, 4) is 11.5 Å². The SMILES string of the molecule is CCCC(=O)c1cc(Oc2ccccc2)ccc1N. The molecule has 0 fully saturated rings. The Morgan fingerprint density at radius 1 is 1.11 bits per heavy atom. The highest BCUT2D eigenvalue weighted by molar-refractivity contribution is 6.01. The van der Waals surface area contributed by atoms with Crippen LogP contribution < -0.4 is 10.5 Å². The zero-order valence-electron chi connectivity index (χ0n) is 10.9. The highest BCUT2D eigenvalue weighted by Gasteiger charge is 2.10. The molecule has 0 aliphatic rings. The van der Waals surface area contributed by atoms with Gasteiger partial charge in [0, 0.05) is 17.7 Å². The summed E-state index contributed by atoms with van der Waals surface area (Å²) in [5.74, 6) is 1.42. The van der Waals surface area contributed by atoms with Crippen LogP contribution in [0.25, 0.3) is 0 Å².